The molecule has 194 valence electrons. The lowest BCUT2D eigenvalue weighted by Crippen LogP contribution is -2.53. The molecule has 0 aromatic heterocycles. The van der Waals surface area contributed by atoms with E-state index in [2.05, 4.69) is 41.7 Å². The van der Waals surface area contributed by atoms with Crippen molar-refractivity contribution in [3.05, 3.63) is 95.6 Å². The summed E-state index contributed by atoms with van der Waals surface area (Å²) in [6.45, 7) is 11.1. The van der Waals surface area contributed by atoms with Gasteiger partial charge < -0.3 is 9.47 Å². The number of nitrogens with one attached hydrogen (secondary N) is 1. The van der Waals surface area contributed by atoms with Crippen LogP contribution in [0.25, 0.3) is 11.1 Å². The van der Waals surface area contributed by atoms with E-state index in [0.717, 1.165) is 27.8 Å². The number of carbonyl (C=O) groups is 2. The van der Waals surface area contributed by atoms with Gasteiger partial charge in [0.2, 0.25) is 0 Å². The quantitative estimate of drug-likeness (QED) is 0.382. The average molecular weight is 500 g/mol. The Labute approximate surface area is 220 Å². The Balaban J connectivity index is 1.81. The normalized spacial score (nSPS) is 14.9. The van der Waals surface area contributed by atoms with Crippen molar-refractivity contribution in [2.24, 2.45) is 0 Å². The fraction of sp³-hybridized carbons (Fsp3) is 0.375. The van der Waals surface area contributed by atoms with Crippen LogP contribution in [0, 0.1) is 0 Å². The van der Waals surface area contributed by atoms with Gasteiger partial charge in [0.15, 0.2) is 0 Å². The number of carbonyl (C=O) groups excluding carboxylic acids is 2. The molecule has 4 rings (SSSR count). The van der Waals surface area contributed by atoms with Gasteiger partial charge in [-0.15, -0.1) is 0 Å². The molecule has 0 bridgehead atoms. The summed E-state index contributed by atoms with van der Waals surface area (Å²) in [5.74, 6) is -0.739. The Kier molecular flexibility index (Phi) is 7.29. The highest BCUT2D eigenvalue weighted by Crippen LogP contribution is 2.51. The maximum Gasteiger partial charge on any atom is 0.323 e. The zero-order valence-corrected chi connectivity index (χ0v) is 22.6. The van der Waals surface area contributed by atoms with E-state index in [1.54, 1.807) is 0 Å². The smallest absolute Gasteiger partial charge is 0.323 e. The first-order chi connectivity index (χ1) is 17.4. The standard InChI is InChI=1S/C32H37NO4/c1-30(2,3)36-28(34)21-20-27(29(35)37-31(4,5)6)33-32(22-14-8-7-9-15-22)25-18-12-10-16-23(25)24-17-11-13-19-26(24)32/h7-19,27,33H,20-21H2,1-6H3/t27-/m0/s1. The van der Waals surface area contributed by atoms with Crippen LogP contribution in [0.1, 0.15) is 71.1 Å². The molecule has 1 aliphatic rings. The second-order valence-corrected chi connectivity index (χ2v) is 11.6. The summed E-state index contributed by atoms with van der Waals surface area (Å²) in [5.41, 5.74) is 3.30. The van der Waals surface area contributed by atoms with E-state index < -0.39 is 28.8 Å². The number of hydrogen-bond acceptors (Lipinski definition) is 5. The Bertz CT molecular complexity index is 1220. The average Bonchev–Trinajstić information content (AvgIpc) is 3.11. The molecular weight excluding hydrogens is 462 g/mol. The minimum Gasteiger partial charge on any atom is -0.460 e. The number of ether oxygens (including phenoxy) is 2. The van der Waals surface area contributed by atoms with Crippen LogP contribution in [0.5, 0.6) is 0 Å². The molecular formula is C32H37NO4. The summed E-state index contributed by atoms with van der Waals surface area (Å²) in [6.07, 6.45) is 0.324. The summed E-state index contributed by atoms with van der Waals surface area (Å²) in [4.78, 5) is 26.3. The fourth-order valence-corrected chi connectivity index (χ4v) is 5.01. The summed E-state index contributed by atoms with van der Waals surface area (Å²) in [7, 11) is 0. The van der Waals surface area contributed by atoms with Crippen LogP contribution < -0.4 is 5.32 Å². The molecule has 0 saturated carbocycles. The molecule has 0 radical (unpaired) electrons. The Morgan fingerprint density at radius 3 is 1.73 bits per heavy atom. The molecule has 0 spiro atoms. The maximum atomic E-state index is 13.6. The molecule has 0 saturated heterocycles. The molecule has 5 heteroatoms. The lowest BCUT2D eigenvalue weighted by molar-refractivity contribution is -0.159. The molecule has 0 unspecified atom stereocenters. The van der Waals surface area contributed by atoms with Gasteiger partial charge in [-0.2, -0.15) is 0 Å². The van der Waals surface area contributed by atoms with Crippen molar-refractivity contribution in [1.82, 2.24) is 5.32 Å². The van der Waals surface area contributed by atoms with Crippen LogP contribution in [0.4, 0.5) is 0 Å². The van der Waals surface area contributed by atoms with Crippen LogP contribution in [-0.4, -0.2) is 29.2 Å². The van der Waals surface area contributed by atoms with E-state index in [0.29, 0.717) is 0 Å². The van der Waals surface area contributed by atoms with Gasteiger partial charge in [-0.25, -0.2) is 0 Å². The Hall–Kier alpha value is -3.44. The number of esters is 2. The van der Waals surface area contributed by atoms with Gasteiger partial charge in [0, 0.05) is 6.42 Å². The highest BCUT2D eigenvalue weighted by atomic mass is 16.6. The highest BCUT2D eigenvalue weighted by Gasteiger charge is 2.47. The third-order valence-electron chi connectivity index (χ3n) is 6.30. The molecule has 3 aromatic rings. The van der Waals surface area contributed by atoms with E-state index in [1.807, 2.05) is 84.0 Å². The van der Waals surface area contributed by atoms with Gasteiger partial charge in [0.1, 0.15) is 17.2 Å². The zero-order valence-electron chi connectivity index (χ0n) is 22.6. The van der Waals surface area contributed by atoms with Crippen molar-refractivity contribution in [3.8, 4) is 11.1 Å². The summed E-state index contributed by atoms with van der Waals surface area (Å²) < 4.78 is 11.4. The van der Waals surface area contributed by atoms with Gasteiger partial charge >= 0.3 is 11.9 Å². The van der Waals surface area contributed by atoms with E-state index in [1.165, 1.54) is 0 Å². The second kappa shape index (κ2) is 10.1. The van der Waals surface area contributed by atoms with Crippen molar-refractivity contribution in [3.63, 3.8) is 0 Å². The Morgan fingerprint density at radius 2 is 1.22 bits per heavy atom. The van der Waals surface area contributed by atoms with Crippen LogP contribution in [0.2, 0.25) is 0 Å². The van der Waals surface area contributed by atoms with Crippen LogP contribution in [0.3, 0.4) is 0 Å². The molecule has 5 nitrogen and oxygen atoms in total. The van der Waals surface area contributed by atoms with Crippen molar-refractivity contribution in [1.29, 1.82) is 0 Å². The van der Waals surface area contributed by atoms with Crippen LogP contribution in [0.15, 0.2) is 78.9 Å². The fourth-order valence-electron chi connectivity index (χ4n) is 5.01. The van der Waals surface area contributed by atoms with Gasteiger partial charge in [0.05, 0.1) is 5.54 Å². The molecule has 37 heavy (non-hydrogen) atoms. The van der Waals surface area contributed by atoms with E-state index in [-0.39, 0.29) is 18.8 Å². The lowest BCUT2D eigenvalue weighted by Gasteiger charge is -2.38. The third-order valence-corrected chi connectivity index (χ3v) is 6.30. The minimum atomic E-state index is -0.802. The van der Waals surface area contributed by atoms with Gasteiger partial charge in [-0.1, -0.05) is 78.9 Å². The molecule has 0 aliphatic heterocycles. The molecule has 1 aliphatic carbocycles. The second-order valence-electron chi connectivity index (χ2n) is 11.6. The first kappa shape index (κ1) is 26.6. The third kappa shape index (κ3) is 5.78. The molecule has 3 aromatic carbocycles. The van der Waals surface area contributed by atoms with Gasteiger partial charge in [-0.05, 0) is 75.8 Å². The molecule has 1 atom stereocenters. The monoisotopic (exact) mass is 499 g/mol. The maximum absolute atomic E-state index is 13.6. The molecule has 0 amide bonds. The topological polar surface area (TPSA) is 64.6 Å². The van der Waals surface area contributed by atoms with Crippen LogP contribution >= 0.6 is 0 Å². The zero-order chi connectivity index (χ0) is 26.8. The summed E-state index contributed by atoms with van der Waals surface area (Å²) in [6, 6.07) is 25.9. The number of rotatable bonds is 7. The number of benzene rings is 3. The summed E-state index contributed by atoms with van der Waals surface area (Å²) >= 11 is 0. The predicted octanol–water partition coefficient (Wildman–Crippen LogP) is 6.38. The van der Waals surface area contributed by atoms with Gasteiger partial charge in [-0.3, -0.25) is 14.9 Å². The molecule has 0 heterocycles. The van der Waals surface area contributed by atoms with Crippen LogP contribution in [-0.2, 0) is 24.6 Å². The largest absolute Gasteiger partial charge is 0.460 e. The SMILES string of the molecule is CC(C)(C)OC(=O)CC[C@H](NC1(c2ccccc2)c2ccccc2-c2ccccc21)C(=O)OC(C)(C)C. The van der Waals surface area contributed by atoms with E-state index in [4.69, 9.17) is 9.47 Å². The highest BCUT2D eigenvalue weighted by molar-refractivity contribution is 5.84. The van der Waals surface area contributed by atoms with Gasteiger partial charge in [0.25, 0.3) is 0 Å². The first-order valence-electron chi connectivity index (χ1n) is 12.9. The summed E-state index contributed by atoms with van der Waals surface area (Å²) in [5, 5.41) is 3.72. The van der Waals surface area contributed by atoms with Crippen molar-refractivity contribution < 1.29 is 19.1 Å². The lowest BCUT2D eigenvalue weighted by atomic mass is 9.79. The van der Waals surface area contributed by atoms with Crippen molar-refractivity contribution in [2.45, 2.75) is 77.2 Å². The molecule has 1 N–H and O–H groups in total. The predicted molar refractivity (Wildman–Crippen MR) is 146 cm³/mol. The molecule has 0 fully saturated rings. The van der Waals surface area contributed by atoms with E-state index >= 15 is 0 Å². The Morgan fingerprint density at radius 1 is 0.730 bits per heavy atom. The van der Waals surface area contributed by atoms with Crippen molar-refractivity contribution in [2.75, 3.05) is 0 Å². The van der Waals surface area contributed by atoms with Crippen molar-refractivity contribution >= 4 is 11.9 Å². The minimum absolute atomic E-state index is 0.0857. The first-order valence-corrected chi connectivity index (χ1v) is 12.9. The van der Waals surface area contributed by atoms with E-state index in [9.17, 15) is 9.59 Å². The number of hydrogen-bond donors (Lipinski definition) is 1. The number of fused-ring (bicyclic) bond motifs is 3.